The maximum atomic E-state index is 13.8. The molecule has 1 aromatic heterocycles. The molecular formula is C15H13F4N3. The predicted molar refractivity (Wildman–Crippen MR) is 72.6 cm³/mol. The van der Waals surface area contributed by atoms with Gasteiger partial charge in [0.25, 0.3) is 0 Å². The highest BCUT2D eigenvalue weighted by Gasteiger charge is 2.35. The van der Waals surface area contributed by atoms with Crippen LogP contribution in [0.25, 0.3) is 0 Å². The van der Waals surface area contributed by atoms with E-state index >= 15 is 0 Å². The van der Waals surface area contributed by atoms with Crippen LogP contribution >= 0.6 is 0 Å². The van der Waals surface area contributed by atoms with Gasteiger partial charge in [-0.2, -0.15) is 13.2 Å². The normalized spacial score (nSPS) is 14.9. The van der Waals surface area contributed by atoms with Crippen LogP contribution in [0.2, 0.25) is 0 Å². The van der Waals surface area contributed by atoms with Crippen molar-refractivity contribution in [1.29, 1.82) is 0 Å². The molecule has 1 aromatic carbocycles. The van der Waals surface area contributed by atoms with E-state index in [1.54, 1.807) is 23.1 Å². The molecule has 0 aliphatic heterocycles. The SMILES string of the molecule is Fc1ccccc1CN(c1nccc(C(F)(F)F)n1)C1CC1. The van der Waals surface area contributed by atoms with E-state index in [1.807, 2.05) is 0 Å². The summed E-state index contributed by atoms with van der Waals surface area (Å²) in [5, 5.41) is 0. The number of hydrogen-bond donors (Lipinski definition) is 0. The first-order valence-corrected chi connectivity index (χ1v) is 6.85. The fraction of sp³-hybridized carbons (Fsp3) is 0.333. The van der Waals surface area contributed by atoms with Crippen LogP contribution < -0.4 is 4.90 Å². The summed E-state index contributed by atoms with van der Waals surface area (Å²) in [6.07, 6.45) is -1.76. The van der Waals surface area contributed by atoms with Crippen molar-refractivity contribution in [2.24, 2.45) is 0 Å². The molecule has 0 amide bonds. The third-order valence-electron chi connectivity index (χ3n) is 3.48. The molecule has 0 unspecified atom stereocenters. The topological polar surface area (TPSA) is 29.0 Å². The number of aromatic nitrogens is 2. The molecule has 0 saturated heterocycles. The molecule has 22 heavy (non-hydrogen) atoms. The van der Waals surface area contributed by atoms with Gasteiger partial charge in [-0.1, -0.05) is 18.2 Å². The smallest absolute Gasteiger partial charge is 0.333 e. The van der Waals surface area contributed by atoms with E-state index in [0.29, 0.717) is 5.56 Å². The first kappa shape index (κ1) is 14.7. The Morgan fingerprint density at radius 2 is 1.86 bits per heavy atom. The summed E-state index contributed by atoms with van der Waals surface area (Å²) in [5.41, 5.74) is -0.577. The fourth-order valence-corrected chi connectivity index (χ4v) is 2.20. The molecule has 2 aromatic rings. The van der Waals surface area contributed by atoms with Crippen molar-refractivity contribution in [3.05, 3.63) is 53.6 Å². The summed E-state index contributed by atoms with van der Waals surface area (Å²) >= 11 is 0. The van der Waals surface area contributed by atoms with Gasteiger partial charge in [-0.3, -0.25) is 0 Å². The molecule has 0 spiro atoms. The monoisotopic (exact) mass is 311 g/mol. The summed E-state index contributed by atoms with van der Waals surface area (Å²) in [5.74, 6) is -0.402. The van der Waals surface area contributed by atoms with Crippen molar-refractivity contribution in [1.82, 2.24) is 9.97 Å². The summed E-state index contributed by atoms with van der Waals surface area (Å²) in [4.78, 5) is 9.16. The number of benzene rings is 1. The van der Waals surface area contributed by atoms with Gasteiger partial charge >= 0.3 is 6.18 Å². The summed E-state index contributed by atoms with van der Waals surface area (Å²) in [7, 11) is 0. The van der Waals surface area contributed by atoms with Crippen LogP contribution in [0, 0.1) is 5.82 Å². The molecule has 1 saturated carbocycles. The zero-order valence-electron chi connectivity index (χ0n) is 11.5. The van der Waals surface area contributed by atoms with Crippen molar-refractivity contribution in [2.75, 3.05) is 4.90 Å². The van der Waals surface area contributed by atoms with Crippen molar-refractivity contribution in [2.45, 2.75) is 31.6 Å². The van der Waals surface area contributed by atoms with E-state index in [1.165, 1.54) is 6.07 Å². The van der Waals surface area contributed by atoms with Crippen molar-refractivity contribution in [3.8, 4) is 0 Å². The van der Waals surface area contributed by atoms with E-state index in [2.05, 4.69) is 9.97 Å². The maximum absolute atomic E-state index is 13.8. The van der Waals surface area contributed by atoms with Gasteiger partial charge in [0, 0.05) is 24.3 Å². The highest BCUT2D eigenvalue weighted by molar-refractivity contribution is 5.37. The summed E-state index contributed by atoms with van der Waals surface area (Å²) in [6, 6.07) is 7.09. The lowest BCUT2D eigenvalue weighted by Crippen LogP contribution is -2.28. The first-order valence-electron chi connectivity index (χ1n) is 6.85. The quantitative estimate of drug-likeness (QED) is 0.804. The number of halogens is 4. The molecule has 7 heteroatoms. The van der Waals surface area contributed by atoms with Gasteiger partial charge in [-0.05, 0) is 25.0 Å². The minimum atomic E-state index is -4.52. The molecular weight excluding hydrogens is 298 g/mol. The van der Waals surface area contributed by atoms with Crippen LogP contribution in [-0.2, 0) is 12.7 Å². The largest absolute Gasteiger partial charge is 0.433 e. The average Bonchev–Trinajstić information content (AvgIpc) is 3.30. The Hall–Kier alpha value is -2.18. The molecule has 0 N–H and O–H groups in total. The molecule has 1 aliphatic rings. The molecule has 0 atom stereocenters. The highest BCUT2D eigenvalue weighted by atomic mass is 19.4. The van der Waals surface area contributed by atoms with Crippen LogP contribution in [-0.4, -0.2) is 16.0 Å². The van der Waals surface area contributed by atoms with Gasteiger partial charge in [0.05, 0.1) is 0 Å². The lowest BCUT2D eigenvalue weighted by molar-refractivity contribution is -0.141. The highest BCUT2D eigenvalue weighted by Crippen LogP contribution is 2.33. The van der Waals surface area contributed by atoms with Crippen LogP contribution in [0.4, 0.5) is 23.5 Å². The zero-order chi connectivity index (χ0) is 15.7. The minimum absolute atomic E-state index is 0.0134. The van der Waals surface area contributed by atoms with Gasteiger partial charge in [-0.15, -0.1) is 0 Å². The molecule has 3 nitrogen and oxygen atoms in total. The Bertz CT molecular complexity index is 668. The third kappa shape index (κ3) is 3.18. The summed E-state index contributed by atoms with van der Waals surface area (Å²) in [6.45, 7) is 0.151. The van der Waals surface area contributed by atoms with Crippen LogP contribution in [0.15, 0.2) is 36.5 Å². The molecule has 116 valence electrons. The van der Waals surface area contributed by atoms with Gasteiger partial charge in [0.2, 0.25) is 5.95 Å². The van der Waals surface area contributed by atoms with Gasteiger partial charge in [-0.25, -0.2) is 14.4 Å². The molecule has 1 aliphatic carbocycles. The predicted octanol–water partition coefficient (Wildman–Crippen LogP) is 3.80. The van der Waals surface area contributed by atoms with E-state index in [-0.39, 0.29) is 24.4 Å². The number of anilines is 1. The Morgan fingerprint density at radius 3 is 2.50 bits per heavy atom. The Labute approximate surface area is 124 Å². The standard InChI is InChI=1S/C15H13F4N3/c16-12-4-2-1-3-10(12)9-22(11-5-6-11)14-20-8-7-13(21-14)15(17,18)19/h1-4,7-8,11H,5-6,9H2. The van der Waals surface area contributed by atoms with Crippen molar-refractivity contribution in [3.63, 3.8) is 0 Å². The first-order chi connectivity index (χ1) is 10.4. The molecule has 1 heterocycles. The van der Waals surface area contributed by atoms with Crippen molar-refractivity contribution < 1.29 is 17.6 Å². The fourth-order valence-electron chi connectivity index (χ4n) is 2.20. The Morgan fingerprint density at radius 1 is 1.14 bits per heavy atom. The zero-order valence-corrected chi connectivity index (χ0v) is 11.5. The second-order valence-corrected chi connectivity index (χ2v) is 5.19. The second kappa shape index (κ2) is 5.55. The third-order valence-corrected chi connectivity index (χ3v) is 3.48. The van der Waals surface area contributed by atoms with E-state index < -0.39 is 11.9 Å². The summed E-state index contributed by atoms with van der Waals surface area (Å²) < 4.78 is 52.1. The van der Waals surface area contributed by atoms with E-state index in [4.69, 9.17) is 0 Å². The minimum Gasteiger partial charge on any atom is -0.333 e. The number of rotatable bonds is 4. The second-order valence-electron chi connectivity index (χ2n) is 5.19. The van der Waals surface area contributed by atoms with Gasteiger partial charge < -0.3 is 4.90 Å². The Balaban J connectivity index is 1.91. The van der Waals surface area contributed by atoms with Gasteiger partial charge in [0.1, 0.15) is 11.5 Å². The molecule has 0 radical (unpaired) electrons. The molecule has 3 rings (SSSR count). The maximum Gasteiger partial charge on any atom is 0.433 e. The van der Waals surface area contributed by atoms with Crippen LogP contribution in [0.3, 0.4) is 0 Å². The Kier molecular flexibility index (Phi) is 3.72. The molecule has 0 bridgehead atoms. The van der Waals surface area contributed by atoms with Crippen LogP contribution in [0.1, 0.15) is 24.1 Å². The lowest BCUT2D eigenvalue weighted by atomic mass is 10.2. The van der Waals surface area contributed by atoms with Crippen molar-refractivity contribution >= 4 is 5.95 Å². The lowest BCUT2D eigenvalue weighted by Gasteiger charge is -2.23. The number of hydrogen-bond acceptors (Lipinski definition) is 3. The average molecular weight is 311 g/mol. The molecule has 1 fully saturated rings. The van der Waals surface area contributed by atoms with Crippen LogP contribution in [0.5, 0.6) is 0 Å². The van der Waals surface area contributed by atoms with E-state index in [0.717, 1.165) is 25.1 Å². The van der Waals surface area contributed by atoms with E-state index in [9.17, 15) is 17.6 Å². The number of nitrogens with zero attached hydrogens (tertiary/aromatic N) is 3. The number of alkyl halides is 3. The van der Waals surface area contributed by atoms with Gasteiger partial charge in [0.15, 0.2) is 0 Å².